The Hall–Kier alpha value is -3.70. The van der Waals surface area contributed by atoms with Crippen molar-refractivity contribution in [3.63, 3.8) is 0 Å². The molecule has 0 radical (unpaired) electrons. The van der Waals surface area contributed by atoms with Gasteiger partial charge in [0.15, 0.2) is 0 Å². The van der Waals surface area contributed by atoms with Crippen LogP contribution in [0.25, 0.3) is 0 Å². The molecule has 240 valence electrons. The van der Waals surface area contributed by atoms with Crippen molar-refractivity contribution in [1.82, 2.24) is 10.6 Å². The Bertz CT molecular complexity index is 1560. The van der Waals surface area contributed by atoms with Gasteiger partial charge in [0.05, 0.1) is 19.3 Å². The van der Waals surface area contributed by atoms with E-state index in [1.165, 1.54) is 24.9 Å². The molecule has 3 N–H and O–H groups in total. The number of alkyl carbamates (subject to hydrolysis) is 1. The molecule has 7 nitrogen and oxygen atoms in total. The van der Waals surface area contributed by atoms with Crippen LogP contribution in [0.4, 0.5) is 14.9 Å². The minimum Gasteiger partial charge on any atom is -0.453 e. The van der Waals surface area contributed by atoms with Gasteiger partial charge in [0.25, 0.3) is 0 Å². The van der Waals surface area contributed by atoms with Crippen molar-refractivity contribution >= 4 is 45.4 Å². The number of methoxy groups -OCH3 is 1. The minimum atomic E-state index is -0.954. The summed E-state index contributed by atoms with van der Waals surface area (Å²) in [6, 6.07) is 31.1. The second-order valence-electron chi connectivity index (χ2n) is 11.0. The number of hydrogen-bond acceptors (Lipinski definition) is 6. The number of anilines is 1. The van der Waals surface area contributed by atoms with Gasteiger partial charge in [-0.1, -0.05) is 94.8 Å². The molecule has 2 amide bonds. The Morgan fingerprint density at radius 2 is 1.61 bits per heavy atom. The molecular formula is C36H37BrFN3O4S. The van der Waals surface area contributed by atoms with Gasteiger partial charge >= 0.3 is 6.09 Å². The number of hydrogen-bond donors (Lipinski definition) is 3. The van der Waals surface area contributed by atoms with Gasteiger partial charge in [-0.05, 0) is 53.8 Å². The van der Waals surface area contributed by atoms with Crippen LogP contribution < -0.4 is 16.0 Å². The molecule has 0 spiro atoms. The molecular weight excluding hydrogens is 669 g/mol. The number of rotatable bonds is 12. The first kappa shape index (κ1) is 33.7. The zero-order valence-corrected chi connectivity index (χ0v) is 27.9. The SMILES string of the molecule is COC(=O)NC(C(=O)Nc1ccccc1CCC1CNCC(CSc2ccc(Br)cc2F)O1)C(c1ccccc1)c1ccccc1. The third kappa shape index (κ3) is 9.19. The van der Waals surface area contributed by atoms with Crippen LogP contribution in [-0.2, 0) is 20.7 Å². The highest BCUT2D eigenvalue weighted by Gasteiger charge is 2.33. The van der Waals surface area contributed by atoms with Crippen LogP contribution in [-0.4, -0.2) is 56.2 Å². The van der Waals surface area contributed by atoms with Crippen molar-refractivity contribution in [3.05, 3.63) is 130 Å². The van der Waals surface area contributed by atoms with E-state index in [-0.39, 0.29) is 23.9 Å². The molecule has 5 rings (SSSR count). The molecule has 0 aromatic heterocycles. The molecule has 0 aliphatic carbocycles. The Morgan fingerprint density at radius 3 is 2.28 bits per heavy atom. The molecule has 0 bridgehead atoms. The van der Waals surface area contributed by atoms with Gasteiger partial charge < -0.3 is 25.4 Å². The first-order chi connectivity index (χ1) is 22.4. The first-order valence-electron chi connectivity index (χ1n) is 15.2. The number of thioether (sulfide) groups is 1. The molecule has 3 atom stereocenters. The molecule has 4 aromatic rings. The van der Waals surface area contributed by atoms with Crippen molar-refractivity contribution in [1.29, 1.82) is 0 Å². The predicted molar refractivity (Wildman–Crippen MR) is 184 cm³/mol. The number of morpholine rings is 1. The molecule has 1 fully saturated rings. The number of aryl methyl sites for hydroxylation is 1. The number of amides is 2. The van der Waals surface area contributed by atoms with E-state index >= 15 is 0 Å². The summed E-state index contributed by atoms with van der Waals surface area (Å²) >= 11 is 4.75. The number of ether oxygens (including phenoxy) is 2. The highest BCUT2D eigenvalue weighted by atomic mass is 79.9. The van der Waals surface area contributed by atoms with E-state index in [1.807, 2.05) is 91.0 Å². The lowest BCUT2D eigenvalue weighted by Crippen LogP contribution is -2.48. The van der Waals surface area contributed by atoms with E-state index in [9.17, 15) is 14.0 Å². The van der Waals surface area contributed by atoms with Crippen LogP contribution in [0.1, 0.15) is 29.0 Å². The standard InChI is InChI=1S/C36H37BrFN3O4S/c1-44-36(43)41-34(33(25-11-4-2-5-12-25)26-13-6-3-7-14-26)35(42)40-31-15-9-8-10-24(31)16-18-28-21-39-22-29(45-28)23-46-32-19-17-27(37)20-30(32)38/h2-15,17,19-20,28-29,33-34,39H,16,18,21-23H2,1H3,(H,40,42)(H,41,43). The summed E-state index contributed by atoms with van der Waals surface area (Å²) in [5.41, 5.74) is 3.40. The molecule has 1 aliphatic heterocycles. The van der Waals surface area contributed by atoms with E-state index < -0.39 is 18.1 Å². The normalized spacial score (nSPS) is 16.9. The average molecular weight is 707 g/mol. The molecule has 3 unspecified atom stereocenters. The number of halogens is 2. The number of para-hydroxylation sites is 1. The lowest BCUT2D eigenvalue weighted by Gasteiger charge is -2.31. The molecule has 4 aromatic carbocycles. The minimum absolute atomic E-state index is 0.0350. The fourth-order valence-electron chi connectivity index (χ4n) is 5.59. The fraction of sp³-hybridized carbons (Fsp3) is 0.278. The predicted octanol–water partition coefficient (Wildman–Crippen LogP) is 7.17. The molecule has 10 heteroatoms. The largest absolute Gasteiger partial charge is 0.453 e. The van der Waals surface area contributed by atoms with Crippen LogP contribution >= 0.6 is 27.7 Å². The maximum Gasteiger partial charge on any atom is 0.407 e. The van der Waals surface area contributed by atoms with Gasteiger partial charge in [0.2, 0.25) is 5.91 Å². The van der Waals surface area contributed by atoms with Gasteiger partial charge in [-0.15, -0.1) is 11.8 Å². The van der Waals surface area contributed by atoms with E-state index in [1.54, 1.807) is 6.07 Å². The van der Waals surface area contributed by atoms with Crippen molar-refractivity contribution < 1.29 is 23.5 Å². The second-order valence-corrected chi connectivity index (χ2v) is 13.0. The van der Waals surface area contributed by atoms with Crippen LogP contribution in [0.2, 0.25) is 0 Å². The van der Waals surface area contributed by atoms with Gasteiger partial charge in [0, 0.05) is 39.8 Å². The fourth-order valence-corrected chi connectivity index (χ4v) is 6.84. The third-order valence-electron chi connectivity index (χ3n) is 7.85. The Labute approximate surface area is 281 Å². The van der Waals surface area contributed by atoms with E-state index in [2.05, 4.69) is 31.9 Å². The maximum atomic E-state index is 14.3. The monoisotopic (exact) mass is 705 g/mol. The van der Waals surface area contributed by atoms with Crippen molar-refractivity contribution in [2.45, 2.75) is 41.9 Å². The van der Waals surface area contributed by atoms with Gasteiger partial charge in [-0.2, -0.15) is 0 Å². The van der Waals surface area contributed by atoms with Crippen LogP contribution in [0.3, 0.4) is 0 Å². The van der Waals surface area contributed by atoms with Crippen LogP contribution in [0.15, 0.2) is 112 Å². The zero-order chi connectivity index (χ0) is 32.3. The van der Waals surface area contributed by atoms with Crippen LogP contribution in [0.5, 0.6) is 0 Å². The quantitative estimate of drug-likeness (QED) is 0.136. The maximum absolute atomic E-state index is 14.3. The topological polar surface area (TPSA) is 88.7 Å². The summed E-state index contributed by atoms with van der Waals surface area (Å²) in [4.78, 5) is 27.2. The summed E-state index contributed by atoms with van der Waals surface area (Å²) in [6.45, 7) is 1.41. The number of nitrogens with one attached hydrogen (secondary N) is 3. The van der Waals surface area contributed by atoms with Crippen molar-refractivity contribution in [2.75, 3.05) is 31.3 Å². The second kappa shape index (κ2) is 16.7. The summed E-state index contributed by atoms with van der Waals surface area (Å²) in [6.07, 6.45) is 0.614. The van der Waals surface area contributed by atoms with Crippen molar-refractivity contribution in [2.24, 2.45) is 0 Å². The summed E-state index contributed by atoms with van der Waals surface area (Å²) in [5.74, 6) is -0.437. The highest BCUT2D eigenvalue weighted by Crippen LogP contribution is 2.30. The molecule has 1 aliphatic rings. The molecule has 46 heavy (non-hydrogen) atoms. The Kier molecular flexibility index (Phi) is 12.2. The van der Waals surface area contributed by atoms with Gasteiger partial charge in [0.1, 0.15) is 11.9 Å². The number of benzene rings is 4. The van der Waals surface area contributed by atoms with Gasteiger partial charge in [-0.25, -0.2) is 9.18 Å². The lowest BCUT2D eigenvalue weighted by molar-refractivity contribution is -0.118. The molecule has 0 saturated carbocycles. The summed E-state index contributed by atoms with van der Waals surface area (Å²) < 4.78 is 26.3. The smallest absolute Gasteiger partial charge is 0.407 e. The van der Waals surface area contributed by atoms with E-state index in [4.69, 9.17) is 9.47 Å². The molecule has 1 saturated heterocycles. The van der Waals surface area contributed by atoms with Crippen LogP contribution in [0, 0.1) is 5.82 Å². The number of carbonyl (C=O) groups is 2. The van der Waals surface area contributed by atoms with Crippen molar-refractivity contribution in [3.8, 4) is 0 Å². The third-order valence-corrected chi connectivity index (χ3v) is 9.52. The molecule has 1 heterocycles. The number of carbonyl (C=O) groups excluding carboxylic acids is 2. The van der Waals surface area contributed by atoms with Gasteiger partial charge in [-0.3, -0.25) is 4.79 Å². The summed E-state index contributed by atoms with van der Waals surface area (Å²) in [5, 5.41) is 9.34. The highest BCUT2D eigenvalue weighted by molar-refractivity contribution is 9.10. The Morgan fingerprint density at radius 1 is 0.957 bits per heavy atom. The summed E-state index contributed by atoms with van der Waals surface area (Å²) in [7, 11) is 1.28. The zero-order valence-electron chi connectivity index (χ0n) is 25.5. The van der Waals surface area contributed by atoms with E-state index in [0.717, 1.165) is 23.1 Å². The average Bonchev–Trinajstić information content (AvgIpc) is 3.08. The Balaban J connectivity index is 1.27. The first-order valence-corrected chi connectivity index (χ1v) is 17.0. The lowest BCUT2D eigenvalue weighted by atomic mass is 9.84. The van der Waals surface area contributed by atoms with E-state index in [0.29, 0.717) is 40.3 Å².